The molecule has 0 aliphatic carbocycles. The molecule has 1 fully saturated rings. The van der Waals surface area contributed by atoms with Crippen LogP contribution in [0.2, 0.25) is 0 Å². The van der Waals surface area contributed by atoms with Crippen molar-refractivity contribution in [2.45, 2.75) is 25.7 Å². The van der Waals surface area contributed by atoms with E-state index < -0.39 is 4.92 Å². The van der Waals surface area contributed by atoms with Crippen molar-refractivity contribution in [1.82, 2.24) is 25.2 Å². The van der Waals surface area contributed by atoms with Crippen LogP contribution in [0.25, 0.3) is 22.5 Å². The van der Waals surface area contributed by atoms with Gasteiger partial charge in [0.05, 0.1) is 22.3 Å². The third-order valence-corrected chi connectivity index (χ3v) is 6.81. The molecule has 0 bridgehead atoms. The average molecular weight is 465 g/mol. The summed E-state index contributed by atoms with van der Waals surface area (Å²) in [6.45, 7) is 2.97. The molecule has 3 aromatic heterocycles. The van der Waals surface area contributed by atoms with Crippen molar-refractivity contribution in [1.29, 1.82) is 0 Å². The van der Waals surface area contributed by atoms with Crippen molar-refractivity contribution in [2.24, 2.45) is 0 Å². The Balaban J connectivity index is 1.29. The second kappa shape index (κ2) is 8.58. The Morgan fingerprint density at radius 1 is 1.27 bits per heavy atom. The second-order valence-corrected chi connectivity index (χ2v) is 8.75. The summed E-state index contributed by atoms with van der Waals surface area (Å²) < 4.78 is 5.48. The topological polar surface area (TPSA) is 131 Å². The first kappa shape index (κ1) is 21.0. The summed E-state index contributed by atoms with van der Waals surface area (Å²) in [5, 5.41) is 24.2. The average Bonchev–Trinajstić information content (AvgIpc) is 3.59. The number of aromatic nitrogens is 4. The first-order valence-electron chi connectivity index (χ1n) is 10.5. The van der Waals surface area contributed by atoms with Gasteiger partial charge in [-0.3, -0.25) is 4.79 Å². The normalized spacial score (nSPS) is 14.5. The van der Waals surface area contributed by atoms with Crippen molar-refractivity contribution in [3.05, 3.63) is 68.4 Å². The van der Waals surface area contributed by atoms with E-state index in [2.05, 4.69) is 15.4 Å². The molecule has 0 radical (unpaired) electrons. The zero-order valence-electron chi connectivity index (χ0n) is 17.7. The molecule has 4 aromatic rings. The summed E-state index contributed by atoms with van der Waals surface area (Å²) in [5.41, 5.74) is 3.56. The number of aryl methyl sites for hydroxylation is 1. The largest absolute Gasteiger partial charge is 0.360 e. The molecule has 0 spiro atoms. The van der Waals surface area contributed by atoms with E-state index in [0.29, 0.717) is 13.1 Å². The highest BCUT2D eigenvalue weighted by Gasteiger charge is 2.29. The van der Waals surface area contributed by atoms with E-state index in [1.165, 1.54) is 6.07 Å². The summed E-state index contributed by atoms with van der Waals surface area (Å²) in [6, 6.07) is 11.1. The highest BCUT2D eigenvalue weighted by molar-refractivity contribution is 7.10. The smallest absolute Gasteiger partial charge is 0.343 e. The molecule has 10 nitrogen and oxygen atoms in total. The minimum atomic E-state index is -0.601. The number of carbonyl (C=O) groups is 1. The molecule has 4 heterocycles. The number of nitro groups is 1. The van der Waals surface area contributed by atoms with Crippen LogP contribution < -0.4 is 0 Å². The molecule has 11 heteroatoms. The quantitative estimate of drug-likeness (QED) is 0.341. The van der Waals surface area contributed by atoms with Gasteiger partial charge >= 0.3 is 5.82 Å². The zero-order valence-corrected chi connectivity index (χ0v) is 18.5. The molecule has 1 saturated heterocycles. The Morgan fingerprint density at radius 3 is 2.73 bits per heavy atom. The van der Waals surface area contributed by atoms with Crippen molar-refractivity contribution < 1.29 is 14.2 Å². The summed E-state index contributed by atoms with van der Waals surface area (Å²) in [4.78, 5) is 29.4. The Labute approximate surface area is 192 Å². The van der Waals surface area contributed by atoms with Crippen LogP contribution >= 0.6 is 11.3 Å². The predicted molar refractivity (Wildman–Crippen MR) is 121 cm³/mol. The van der Waals surface area contributed by atoms with Gasteiger partial charge in [0, 0.05) is 30.0 Å². The molecule has 33 heavy (non-hydrogen) atoms. The van der Waals surface area contributed by atoms with Gasteiger partial charge in [0.25, 0.3) is 5.91 Å². The number of rotatable bonds is 5. The van der Waals surface area contributed by atoms with Gasteiger partial charge < -0.3 is 19.5 Å². The lowest BCUT2D eigenvalue weighted by Crippen LogP contribution is -2.38. The van der Waals surface area contributed by atoms with Gasteiger partial charge in [0.2, 0.25) is 0 Å². The van der Waals surface area contributed by atoms with Gasteiger partial charge in [-0.1, -0.05) is 40.6 Å². The molecule has 0 unspecified atom stereocenters. The van der Waals surface area contributed by atoms with E-state index in [4.69, 9.17) is 9.51 Å². The molecule has 168 valence electrons. The van der Waals surface area contributed by atoms with Crippen molar-refractivity contribution in [3.8, 4) is 22.5 Å². The van der Waals surface area contributed by atoms with Crippen LogP contribution in [0.5, 0.6) is 0 Å². The van der Waals surface area contributed by atoms with Crippen LogP contribution in [0.15, 0.2) is 46.3 Å². The minimum absolute atomic E-state index is 0.0630. The van der Waals surface area contributed by atoms with Gasteiger partial charge in [-0.15, -0.1) is 16.4 Å². The fraction of sp³-hybridized carbons (Fsp3) is 0.273. The molecular formula is C22H20N6O4S. The maximum absolute atomic E-state index is 12.6. The molecule has 1 aliphatic rings. The SMILES string of the molecule is Cc1onc(-c2ccccc2)c1-c1csc(C2CCN(C(=O)c3cc([N+](=O)[O-])[nH]n3)CC2)n1. The summed E-state index contributed by atoms with van der Waals surface area (Å²) in [7, 11) is 0. The fourth-order valence-electron chi connectivity index (χ4n) is 4.06. The van der Waals surface area contributed by atoms with Crippen LogP contribution in [0, 0.1) is 17.0 Å². The second-order valence-electron chi connectivity index (χ2n) is 7.86. The van der Waals surface area contributed by atoms with E-state index in [1.54, 1.807) is 16.2 Å². The van der Waals surface area contributed by atoms with Crippen molar-refractivity contribution >= 4 is 23.1 Å². The van der Waals surface area contributed by atoms with E-state index in [0.717, 1.165) is 46.1 Å². The number of thiazole rings is 1. The number of nitrogens with one attached hydrogen (secondary N) is 1. The van der Waals surface area contributed by atoms with E-state index in [9.17, 15) is 14.9 Å². The van der Waals surface area contributed by atoms with Gasteiger partial charge in [0.15, 0.2) is 5.69 Å². The van der Waals surface area contributed by atoms with E-state index in [-0.39, 0.29) is 23.3 Å². The maximum Gasteiger partial charge on any atom is 0.343 e. The number of carbonyl (C=O) groups excluding carboxylic acids is 1. The molecule has 1 aromatic carbocycles. The van der Waals surface area contributed by atoms with Crippen LogP contribution in [-0.2, 0) is 0 Å². The molecule has 0 atom stereocenters. The van der Waals surface area contributed by atoms with Gasteiger partial charge in [0.1, 0.15) is 11.5 Å². The third-order valence-electron chi connectivity index (χ3n) is 5.80. The number of hydrogen-bond acceptors (Lipinski definition) is 8. The number of benzene rings is 1. The zero-order chi connectivity index (χ0) is 22.9. The minimum Gasteiger partial charge on any atom is -0.360 e. The molecule has 1 N–H and O–H groups in total. The third kappa shape index (κ3) is 4.02. The van der Waals surface area contributed by atoms with E-state index >= 15 is 0 Å². The van der Waals surface area contributed by atoms with Crippen LogP contribution in [0.1, 0.15) is 40.0 Å². The number of H-pyrrole nitrogens is 1. The van der Waals surface area contributed by atoms with Crippen LogP contribution in [-0.4, -0.2) is 49.2 Å². The Morgan fingerprint density at radius 2 is 2.03 bits per heavy atom. The number of hydrogen-bond donors (Lipinski definition) is 1. The first-order chi connectivity index (χ1) is 16.0. The van der Waals surface area contributed by atoms with Gasteiger partial charge in [-0.2, -0.15) is 0 Å². The predicted octanol–water partition coefficient (Wildman–Crippen LogP) is 4.42. The Hall–Kier alpha value is -3.86. The number of likely N-dealkylation sites (tertiary alicyclic amines) is 1. The van der Waals surface area contributed by atoms with Gasteiger partial charge in [-0.05, 0) is 24.7 Å². The molecular weight excluding hydrogens is 444 g/mol. The molecule has 5 rings (SSSR count). The summed E-state index contributed by atoms with van der Waals surface area (Å²) >= 11 is 1.60. The molecule has 0 saturated carbocycles. The number of aromatic amines is 1. The van der Waals surface area contributed by atoms with Crippen LogP contribution in [0.3, 0.4) is 0 Å². The number of amides is 1. The lowest BCUT2D eigenvalue weighted by atomic mass is 9.97. The molecule has 1 aliphatic heterocycles. The highest BCUT2D eigenvalue weighted by Crippen LogP contribution is 2.38. The Bertz CT molecular complexity index is 1300. The molecule has 1 amide bonds. The first-order valence-corrected chi connectivity index (χ1v) is 11.4. The fourth-order valence-corrected chi connectivity index (χ4v) is 5.05. The highest BCUT2D eigenvalue weighted by atomic mass is 32.1. The monoisotopic (exact) mass is 464 g/mol. The van der Waals surface area contributed by atoms with Crippen LogP contribution in [0.4, 0.5) is 5.82 Å². The number of piperidine rings is 1. The van der Waals surface area contributed by atoms with Gasteiger partial charge in [-0.25, -0.2) is 4.98 Å². The Kier molecular flexibility index (Phi) is 5.47. The summed E-state index contributed by atoms with van der Waals surface area (Å²) in [6.07, 6.45) is 1.53. The summed E-state index contributed by atoms with van der Waals surface area (Å²) in [5.74, 6) is 0.369. The number of nitrogens with zero attached hydrogens (tertiary/aromatic N) is 5. The van der Waals surface area contributed by atoms with E-state index in [1.807, 2.05) is 42.6 Å². The lowest BCUT2D eigenvalue weighted by Gasteiger charge is -2.30. The lowest BCUT2D eigenvalue weighted by molar-refractivity contribution is -0.389. The van der Waals surface area contributed by atoms with Crippen molar-refractivity contribution in [2.75, 3.05) is 13.1 Å². The maximum atomic E-state index is 12.6. The van der Waals surface area contributed by atoms with Crippen molar-refractivity contribution in [3.63, 3.8) is 0 Å². The standard InChI is InChI=1S/C22H20N6O4S/c1-13-19(20(26-32-13)14-5-3-2-4-6-14)17-12-33-21(23-17)15-7-9-27(10-8-15)22(29)16-11-18(25-24-16)28(30)31/h2-6,11-12,15H,7-10H2,1H3,(H,24,25).